The van der Waals surface area contributed by atoms with Gasteiger partial charge in [0, 0.05) is 0 Å². The maximum absolute atomic E-state index is 13.5. The maximum Gasteiger partial charge on any atom is 0.227 e. The Morgan fingerprint density at radius 3 is 2.74 bits per heavy atom. The van der Waals surface area contributed by atoms with Crippen LogP contribution >= 0.6 is 11.8 Å². The van der Waals surface area contributed by atoms with Crippen LogP contribution in [0.4, 0.5) is 10.3 Å². The number of anilines is 1. The second-order valence-electron chi connectivity index (χ2n) is 4.90. The van der Waals surface area contributed by atoms with Crippen LogP contribution in [0.15, 0.2) is 11.2 Å². The van der Waals surface area contributed by atoms with Gasteiger partial charge in [-0.25, -0.2) is 14.4 Å². The van der Waals surface area contributed by atoms with Crippen molar-refractivity contribution in [2.24, 2.45) is 0 Å². The van der Waals surface area contributed by atoms with E-state index in [0.29, 0.717) is 37.0 Å². The Labute approximate surface area is 115 Å². The van der Waals surface area contributed by atoms with E-state index >= 15 is 0 Å². The first-order chi connectivity index (χ1) is 9.19. The molecule has 1 aromatic heterocycles. The highest BCUT2D eigenvalue weighted by atomic mass is 32.2. The molecule has 3 heterocycles. The van der Waals surface area contributed by atoms with Crippen molar-refractivity contribution in [1.29, 1.82) is 0 Å². The fourth-order valence-electron chi connectivity index (χ4n) is 2.82. The molecule has 0 radical (unpaired) electrons. The molecule has 5 nitrogen and oxygen atoms in total. The monoisotopic (exact) mass is 285 g/mol. The molecule has 19 heavy (non-hydrogen) atoms. The van der Waals surface area contributed by atoms with Crippen molar-refractivity contribution in [3.63, 3.8) is 0 Å². The Balaban J connectivity index is 1.92. The largest absolute Gasteiger partial charge is 0.393 e. The van der Waals surface area contributed by atoms with Crippen LogP contribution in [0.25, 0.3) is 0 Å². The highest BCUT2D eigenvalue weighted by molar-refractivity contribution is 7.98. The summed E-state index contributed by atoms with van der Waals surface area (Å²) >= 11 is 1.27. The molecule has 0 saturated carbocycles. The predicted molar refractivity (Wildman–Crippen MR) is 69.9 cm³/mol. The zero-order chi connectivity index (χ0) is 13.4. The number of fused-ring (bicyclic) bond motifs is 2. The molecule has 104 valence electrons. The molecule has 3 rings (SSSR count). The van der Waals surface area contributed by atoms with E-state index in [9.17, 15) is 9.50 Å². The zero-order valence-corrected chi connectivity index (χ0v) is 11.4. The molecule has 3 atom stereocenters. The number of ether oxygens (including phenoxy) is 1. The van der Waals surface area contributed by atoms with Gasteiger partial charge in [-0.15, -0.1) is 11.8 Å². The number of piperidine rings is 1. The van der Waals surface area contributed by atoms with Crippen molar-refractivity contribution >= 4 is 17.7 Å². The van der Waals surface area contributed by atoms with Crippen LogP contribution in [0.3, 0.4) is 0 Å². The number of aromatic nitrogens is 2. The predicted octanol–water partition coefficient (Wildman–Crippen LogP) is 1.07. The lowest BCUT2D eigenvalue weighted by Gasteiger charge is -2.47. The van der Waals surface area contributed by atoms with Gasteiger partial charge in [0.25, 0.3) is 0 Å². The third-order valence-electron chi connectivity index (χ3n) is 3.62. The standard InChI is InChI=1S/C12H16FN3O2S/c1-19-11-10(13)4-14-12(15-11)16-7-2-9(17)3-8(16)6-18-5-7/h4,7-9,17H,2-3,5-6H2,1H3/t7-,8+,9-. The summed E-state index contributed by atoms with van der Waals surface area (Å²) < 4.78 is 19.0. The molecule has 2 aliphatic heterocycles. The van der Waals surface area contributed by atoms with Crippen LogP contribution in [0.1, 0.15) is 12.8 Å². The summed E-state index contributed by atoms with van der Waals surface area (Å²) in [5.74, 6) is 0.144. The summed E-state index contributed by atoms with van der Waals surface area (Å²) in [6.45, 7) is 1.12. The van der Waals surface area contributed by atoms with Crippen molar-refractivity contribution < 1.29 is 14.2 Å². The zero-order valence-electron chi connectivity index (χ0n) is 10.6. The molecule has 0 aromatic carbocycles. The Morgan fingerprint density at radius 2 is 2.11 bits per heavy atom. The first-order valence-electron chi connectivity index (χ1n) is 6.29. The summed E-state index contributed by atoms with van der Waals surface area (Å²) in [4.78, 5) is 10.5. The normalized spacial score (nSPS) is 30.5. The maximum atomic E-state index is 13.5. The van der Waals surface area contributed by atoms with Crippen molar-refractivity contribution in [1.82, 2.24) is 9.97 Å². The molecule has 2 bridgehead atoms. The Morgan fingerprint density at radius 1 is 1.42 bits per heavy atom. The van der Waals surface area contributed by atoms with Crippen LogP contribution in [0.2, 0.25) is 0 Å². The quantitative estimate of drug-likeness (QED) is 0.648. The fourth-order valence-corrected chi connectivity index (χ4v) is 3.24. The minimum atomic E-state index is -0.394. The lowest BCUT2D eigenvalue weighted by Crippen LogP contribution is -2.59. The number of thioether (sulfide) groups is 1. The van der Waals surface area contributed by atoms with E-state index in [0.717, 1.165) is 0 Å². The number of morpholine rings is 1. The number of hydrogen-bond acceptors (Lipinski definition) is 6. The molecule has 2 saturated heterocycles. The summed E-state index contributed by atoms with van der Waals surface area (Å²) in [6.07, 6.45) is 4.00. The van der Waals surface area contributed by atoms with E-state index in [2.05, 4.69) is 14.9 Å². The summed E-state index contributed by atoms with van der Waals surface area (Å²) in [5.41, 5.74) is 0. The molecule has 7 heteroatoms. The Bertz CT molecular complexity index is 462. The first-order valence-corrected chi connectivity index (χ1v) is 7.52. The highest BCUT2D eigenvalue weighted by Crippen LogP contribution is 2.31. The molecular weight excluding hydrogens is 269 g/mol. The van der Waals surface area contributed by atoms with Crippen LogP contribution in [0, 0.1) is 5.82 Å². The van der Waals surface area contributed by atoms with Gasteiger partial charge in [-0.3, -0.25) is 0 Å². The van der Waals surface area contributed by atoms with E-state index in [1.54, 1.807) is 6.26 Å². The van der Waals surface area contributed by atoms with Crippen molar-refractivity contribution in [3.8, 4) is 0 Å². The minimum absolute atomic E-state index is 0.0719. The van der Waals surface area contributed by atoms with Crippen LogP contribution in [0.5, 0.6) is 0 Å². The molecule has 1 N–H and O–H groups in total. The first kappa shape index (κ1) is 13.1. The summed E-state index contributed by atoms with van der Waals surface area (Å²) in [6, 6.07) is 0.144. The SMILES string of the molecule is CSc1nc(N2[C@@H]3COC[C@H]2C[C@@H](O)C3)ncc1F. The summed E-state index contributed by atoms with van der Waals surface area (Å²) in [5, 5.41) is 10.2. The van der Waals surface area contributed by atoms with Gasteiger partial charge in [0.1, 0.15) is 5.03 Å². The van der Waals surface area contributed by atoms with Gasteiger partial charge in [-0.05, 0) is 19.1 Å². The molecule has 2 fully saturated rings. The number of nitrogens with zero attached hydrogens (tertiary/aromatic N) is 3. The average Bonchev–Trinajstić information content (AvgIpc) is 2.38. The van der Waals surface area contributed by atoms with Crippen LogP contribution in [-0.4, -0.2) is 52.7 Å². The number of aliphatic hydroxyl groups is 1. The smallest absolute Gasteiger partial charge is 0.227 e. The van der Waals surface area contributed by atoms with Gasteiger partial charge < -0.3 is 14.7 Å². The lowest BCUT2D eigenvalue weighted by molar-refractivity contribution is 0.000246. The molecule has 0 aliphatic carbocycles. The van der Waals surface area contributed by atoms with E-state index < -0.39 is 5.82 Å². The topological polar surface area (TPSA) is 58.5 Å². The Hall–Kier alpha value is -0.920. The third kappa shape index (κ3) is 2.42. The lowest BCUT2D eigenvalue weighted by atomic mass is 9.92. The number of halogens is 1. The average molecular weight is 285 g/mol. The van der Waals surface area contributed by atoms with Gasteiger partial charge in [0.15, 0.2) is 5.82 Å². The van der Waals surface area contributed by atoms with E-state index in [1.807, 2.05) is 0 Å². The molecule has 2 aliphatic rings. The van der Waals surface area contributed by atoms with Crippen LogP contribution in [-0.2, 0) is 4.74 Å². The molecule has 0 unspecified atom stereocenters. The van der Waals surface area contributed by atoms with Gasteiger partial charge in [0.05, 0.1) is 37.6 Å². The molecule has 1 aromatic rings. The van der Waals surface area contributed by atoms with Gasteiger partial charge in [-0.2, -0.15) is 0 Å². The second kappa shape index (κ2) is 5.22. The second-order valence-corrected chi connectivity index (χ2v) is 5.70. The number of hydrogen-bond donors (Lipinski definition) is 1. The van der Waals surface area contributed by atoms with E-state index in [-0.39, 0.29) is 18.2 Å². The third-order valence-corrected chi connectivity index (χ3v) is 4.29. The van der Waals surface area contributed by atoms with Crippen molar-refractivity contribution in [2.75, 3.05) is 24.4 Å². The number of aliphatic hydroxyl groups excluding tert-OH is 1. The molecule has 0 amide bonds. The highest BCUT2D eigenvalue weighted by Gasteiger charge is 2.40. The molecule has 0 spiro atoms. The number of rotatable bonds is 2. The van der Waals surface area contributed by atoms with Crippen molar-refractivity contribution in [2.45, 2.75) is 36.1 Å². The van der Waals surface area contributed by atoms with Crippen LogP contribution < -0.4 is 4.90 Å². The van der Waals surface area contributed by atoms with Gasteiger partial charge in [-0.1, -0.05) is 0 Å². The summed E-state index contributed by atoms with van der Waals surface area (Å²) in [7, 11) is 0. The van der Waals surface area contributed by atoms with E-state index in [1.165, 1.54) is 18.0 Å². The fraction of sp³-hybridized carbons (Fsp3) is 0.667. The van der Waals surface area contributed by atoms with E-state index in [4.69, 9.17) is 4.74 Å². The van der Waals surface area contributed by atoms with Crippen molar-refractivity contribution in [3.05, 3.63) is 12.0 Å². The van der Waals surface area contributed by atoms with Gasteiger partial charge >= 0.3 is 0 Å². The van der Waals surface area contributed by atoms with Gasteiger partial charge in [0.2, 0.25) is 5.95 Å². The minimum Gasteiger partial charge on any atom is -0.393 e. The Kier molecular flexibility index (Phi) is 3.60. The molecular formula is C12H16FN3O2S.